The summed E-state index contributed by atoms with van der Waals surface area (Å²) in [6.07, 6.45) is 2.74. The molecule has 0 saturated heterocycles. The molecule has 0 aliphatic heterocycles. The minimum absolute atomic E-state index is 0.0934. The van der Waals surface area contributed by atoms with E-state index in [1.54, 1.807) is 18.2 Å². The van der Waals surface area contributed by atoms with E-state index >= 15 is 0 Å². The van der Waals surface area contributed by atoms with E-state index in [1.165, 1.54) is 36.4 Å². The highest BCUT2D eigenvalue weighted by Gasteiger charge is 2.15. The lowest BCUT2D eigenvalue weighted by Crippen LogP contribution is -2.28. The van der Waals surface area contributed by atoms with Crippen LogP contribution in [0.2, 0.25) is 10.0 Å². The Balaban J connectivity index is 2.08. The third-order valence-corrected chi connectivity index (χ3v) is 5.22. The quantitative estimate of drug-likeness (QED) is 0.735. The van der Waals surface area contributed by atoms with E-state index < -0.39 is 21.8 Å². The Morgan fingerprint density at radius 3 is 2.12 bits per heavy atom. The summed E-state index contributed by atoms with van der Waals surface area (Å²) < 4.78 is 25.5. The van der Waals surface area contributed by atoms with Crippen LogP contribution in [-0.2, 0) is 19.6 Å². The number of sulfonamides is 1. The van der Waals surface area contributed by atoms with Gasteiger partial charge in [-0.05, 0) is 42.5 Å². The van der Waals surface area contributed by atoms with Gasteiger partial charge in [0.1, 0.15) is 0 Å². The molecule has 2 aromatic rings. The predicted octanol–water partition coefficient (Wildman–Crippen LogP) is 3.47. The number of hydrogen-bond donors (Lipinski definition) is 2. The highest BCUT2D eigenvalue weighted by Crippen LogP contribution is 2.25. The summed E-state index contributed by atoms with van der Waals surface area (Å²) in [5, 5.41) is 3.40. The monoisotopic (exact) mass is 412 g/mol. The minimum Gasteiger partial charge on any atom is -0.323 e. The van der Waals surface area contributed by atoms with Crippen LogP contribution in [0, 0.1) is 0 Å². The fraction of sp³-hybridized carbons (Fsp3) is 0.0588. The van der Waals surface area contributed by atoms with Gasteiger partial charge in [-0.2, -0.15) is 0 Å². The lowest BCUT2D eigenvalue weighted by Gasteiger charge is -2.06. The molecule has 0 aliphatic carbocycles. The molecule has 0 bridgehead atoms. The van der Waals surface area contributed by atoms with Gasteiger partial charge >= 0.3 is 0 Å². The molecule has 0 heterocycles. The Morgan fingerprint density at radius 2 is 1.58 bits per heavy atom. The first-order valence-electron chi connectivity index (χ1n) is 7.25. The van der Waals surface area contributed by atoms with Crippen LogP contribution in [0.5, 0.6) is 0 Å². The van der Waals surface area contributed by atoms with E-state index in [0.29, 0.717) is 21.3 Å². The van der Waals surface area contributed by atoms with Crippen molar-refractivity contribution in [3.8, 4) is 0 Å². The van der Waals surface area contributed by atoms with Crippen molar-refractivity contribution in [1.29, 1.82) is 0 Å². The largest absolute Gasteiger partial charge is 0.323 e. The molecule has 26 heavy (non-hydrogen) atoms. The zero-order valence-corrected chi connectivity index (χ0v) is 15.8. The Labute approximate surface area is 160 Å². The molecule has 136 valence electrons. The number of carbonyl (C=O) groups is 2. The molecule has 0 radical (unpaired) electrons. The molecule has 0 aromatic heterocycles. The average Bonchev–Trinajstić information content (AvgIpc) is 2.53. The number of nitrogens with one attached hydrogen (secondary N) is 2. The number of carbonyl (C=O) groups excluding carboxylic acids is 2. The van der Waals surface area contributed by atoms with Crippen LogP contribution in [0.25, 0.3) is 6.08 Å². The first-order valence-corrected chi connectivity index (χ1v) is 9.49. The number of halogens is 2. The van der Waals surface area contributed by atoms with Gasteiger partial charge in [0.15, 0.2) is 0 Å². The molecule has 0 saturated carbocycles. The summed E-state index contributed by atoms with van der Waals surface area (Å²) in [4.78, 5) is 22.8. The van der Waals surface area contributed by atoms with Crippen LogP contribution in [0.1, 0.15) is 12.5 Å². The molecule has 2 amide bonds. The summed E-state index contributed by atoms with van der Waals surface area (Å²) in [7, 11) is -3.92. The first-order chi connectivity index (χ1) is 12.2. The van der Waals surface area contributed by atoms with E-state index in [4.69, 9.17) is 23.2 Å². The second-order valence-corrected chi connectivity index (χ2v) is 7.64. The molecule has 0 unspecified atom stereocenters. The molecule has 0 spiro atoms. The standard InChI is InChI=1S/C17H14Cl2N2O4S/c1-11(22)21-26(24,25)13-7-5-12(6-8-13)20-17(23)10-9-14-15(18)3-2-4-16(14)19/h2-10H,1H3,(H,20,23)(H,21,22)/b10-9+. The van der Waals surface area contributed by atoms with E-state index in [2.05, 4.69) is 5.32 Å². The highest BCUT2D eigenvalue weighted by atomic mass is 35.5. The van der Waals surface area contributed by atoms with E-state index in [0.717, 1.165) is 6.92 Å². The summed E-state index contributed by atoms with van der Waals surface area (Å²) in [5.41, 5.74) is 0.898. The Bertz CT molecular complexity index is 951. The van der Waals surface area contributed by atoms with Gasteiger partial charge in [0, 0.05) is 34.3 Å². The zero-order valence-electron chi connectivity index (χ0n) is 13.5. The van der Waals surface area contributed by atoms with Crippen LogP contribution in [0.3, 0.4) is 0 Å². The molecule has 9 heteroatoms. The van der Waals surface area contributed by atoms with Gasteiger partial charge in [-0.25, -0.2) is 13.1 Å². The fourth-order valence-electron chi connectivity index (χ4n) is 1.98. The van der Waals surface area contributed by atoms with Crippen molar-refractivity contribution in [2.75, 3.05) is 5.32 Å². The molecule has 0 atom stereocenters. The van der Waals surface area contributed by atoms with Gasteiger partial charge in [0.2, 0.25) is 11.8 Å². The molecule has 0 fully saturated rings. The van der Waals surface area contributed by atoms with E-state index in [9.17, 15) is 18.0 Å². The fourth-order valence-corrected chi connectivity index (χ4v) is 3.49. The highest BCUT2D eigenvalue weighted by molar-refractivity contribution is 7.90. The smallest absolute Gasteiger partial charge is 0.264 e. The zero-order chi connectivity index (χ0) is 19.3. The topological polar surface area (TPSA) is 92.3 Å². The van der Waals surface area contributed by atoms with Crippen LogP contribution in [-0.4, -0.2) is 20.2 Å². The van der Waals surface area contributed by atoms with Crippen molar-refractivity contribution in [3.63, 3.8) is 0 Å². The van der Waals surface area contributed by atoms with E-state index in [1.807, 2.05) is 4.72 Å². The van der Waals surface area contributed by atoms with Crippen molar-refractivity contribution in [3.05, 3.63) is 64.1 Å². The van der Waals surface area contributed by atoms with E-state index in [-0.39, 0.29) is 4.90 Å². The summed E-state index contributed by atoms with van der Waals surface area (Å²) >= 11 is 12.0. The maximum absolute atomic E-state index is 12.0. The number of hydrogen-bond acceptors (Lipinski definition) is 4. The number of anilines is 1. The molecular formula is C17H14Cl2N2O4S. The first kappa shape index (κ1) is 20.0. The van der Waals surface area contributed by atoms with Gasteiger partial charge in [-0.1, -0.05) is 29.3 Å². The van der Waals surface area contributed by atoms with Crippen molar-refractivity contribution < 1.29 is 18.0 Å². The SMILES string of the molecule is CC(=O)NS(=O)(=O)c1ccc(NC(=O)/C=C/c2c(Cl)cccc2Cl)cc1. The third-order valence-electron chi connectivity index (χ3n) is 3.11. The van der Waals surface area contributed by atoms with Crippen LogP contribution < -0.4 is 10.0 Å². The summed E-state index contributed by atoms with van der Waals surface area (Å²) in [6, 6.07) is 10.4. The molecule has 6 nitrogen and oxygen atoms in total. The van der Waals surface area contributed by atoms with Crippen LogP contribution in [0.4, 0.5) is 5.69 Å². The Morgan fingerprint density at radius 1 is 1.00 bits per heavy atom. The van der Waals surface area contributed by atoms with Crippen LogP contribution in [0.15, 0.2) is 53.4 Å². The molecule has 2 rings (SSSR count). The van der Waals surface area contributed by atoms with Gasteiger partial charge < -0.3 is 5.32 Å². The van der Waals surface area contributed by atoms with Crippen LogP contribution >= 0.6 is 23.2 Å². The van der Waals surface area contributed by atoms with Gasteiger partial charge in [-0.3, -0.25) is 9.59 Å². The van der Waals surface area contributed by atoms with Gasteiger partial charge in [0.25, 0.3) is 10.0 Å². The molecular weight excluding hydrogens is 399 g/mol. The number of rotatable bonds is 5. The van der Waals surface area contributed by atoms with Crippen molar-refractivity contribution in [2.45, 2.75) is 11.8 Å². The third kappa shape index (κ3) is 5.32. The lowest BCUT2D eigenvalue weighted by atomic mass is 10.2. The maximum Gasteiger partial charge on any atom is 0.264 e. The average molecular weight is 413 g/mol. The molecule has 2 N–H and O–H groups in total. The normalized spacial score (nSPS) is 11.3. The Hall–Kier alpha value is -2.35. The second-order valence-electron chi connectivity index (χ2n) is 5.14. The Kier molecular flexibility index (Phi) is 6.42. The molecule has 0 aliphatic rings. The lowest BCUT2D eigenvalue weighted by molar-refractivity contribution is -0.117. The number of amides is 2. The second kappa shape index (κ2) is 8.35. The molecule has 2 aromatic carbocycles. The summed E-state index contributed by atoms with van der Waals surface area (Å²) in [6.45, 7) is 1.10. The number of benzene rings is 2. The van der Waals surface area contributed by atoms with Crippen molar-refractivity contribution >= 4 is 56.8 Å². The predicted molar refractivity (Wildman–Crippen MR) is 102 cm³/mol. The van der Waals surface area contributed by atoms with Gasteiger partial charge in [-0.15, -0.1) is 0 Å². The minimum atomic E-state index is -3.92. The maximum atomic E-state index is 12.0. The summed E-state index contributed by atoms with van der Waals surface area (Å²) in [5.74, 6) is -1.13. The van der Waals surface area contributed by atoms with Crippen molar-refractivity contribution in [1.82, 2.24) is 4.72 Å². The van der Waals surface area contributed by atoms with Gasteiger partial charge in [0.05, 0.1) is 4.90 Å². The van der Waals surface area contributed by atoms with Crippen molar-refractivity contribution in [2.24, 2.45) is 0 Å².